The van der Waals surface area contributed by atoms with Crippen molar-refractivity contribution in [2.24, 2.45) is 0 Å². The molecule has 3 aromatic heterocycles. The van der Waals surface area contributed by atoms with Crippen LogP contribution in [0.3, 0.4) is 0 Å². The van der Waals surface area contributed by atoms with Gasteiger partial charge in [-0.2, -0.15) is 0 Å². The maximum absolute atomic E-state index is 13.9. The molecule has 8 heteroatoms. The van der Waals surface area contributed by atoms with Crippen molar-refractivity contribution in [2.45, 2.75) is 25.3 Å². The number of nitrogens with zero attached hydrogens (tertiary/aromatic N) is 5. The fraction of sp³-hybridized carbons (Fsp3) is 0.182. The first kappa shape index (κ1) is 25.1. The summed E-state index contributed by atoms with van der Waals surface area (Å²) < 4.78 is 31.8. The van der Waals surface area contributed by atoms with Crippen LogP contribution in [-0.2, 0) is 6.54 Å². The van der Waals surface area contributed by atoms with Crippen molar-refractivity contribution >= 4 is 28.0 Å². The number of fused-ring (bicyclic) bond motifs is 2. The highest BCUT2D eigenvalue weighted by molar-refractivity contribution is 6.05. The van der Waals surface area contributed by atoms with E-state index in [-0.39, 0.29) is 23.5 Å². The first-order valence-corrected chi connectivity index (χ1v) is 13.8. The van der Waals surface area contributed by atoms with Crippen molar-refractivity contribution in [3.63, 3.8) is 0 Å². The minimum Gasteiger partial charge on any atom is -0.339 e. The Balaban J connectivity index is 1.13. The van der Waals surface area contributed by atoms with Crippen LogP contribution in [0.4, 0.5) is 8.78 Å². The minimum absolute atomic E-state index is 0.0406. The number of piperidine rings is 1. The quantitative estimate of drug-likeness (QED) is 0.241. The molecule has 1 fully saturated rings. The molecule has 3 aromatic carbocycles. The maximum atomic E-state index is 13.9. The highest BCUT2D eigenvalue weighted by Gasteiger charge is 2.29. The SMILES string of the molecule is O=C(c1ccnc2c1ccn2-c1cccc(F)c1)N1CCC(c2nc3ccccc3n2Cc2cccc(F)c2)CC1. The lowest BCUT2D eigenvalue weighted by Gasteiger charge is -2.32. The number of halogens is 2. The van der Waals surface area contributed by atoms with Crippen molar-refractivity contribution in [1.29, 1.82) is 0 Å². The van der Waals surface area contributed by atoms with Gasteiger partial charge >= 0.3 is 0 Å². The molecule has 6 nitrogen and oxygen atoms in total. The summed E-state index contributed by atoms with van der Waals surface area (Å²) in [6.07, 6.45) is 5.00. The second-order valence-corrected chi connectivity index (χ2v) is 10.5. The van der Waals surface area contributed by atoms with E-state index in [1.165, 1.54) is 18.2 Å². The lowest BCUT2D eigenvalue weighted by molar-refractivity contribution is 0.0712. The van der Waals surface area contributed by atoms with Crippen LogP contribution in [0.2, 0.25) is 0 Å². The normalized spacial score (nSPS) is 14.2. The van der Waals surface area contributed by atoms with Crippen molar-refractivity contribution in [2.75, 3.05) is 13.1 Å². The fourth-order valence-electron chi connectivity index (χ4n) is 5.96. The highest BCUT2D eigenvalue weighted by atomic mass is 19.1. The first-order valence-electron chi connectivity index (χ1n) is 13.8. The van der Waals surface area contributed by atoms with Crippen LogP contribution < -0.4 is 0 Å². The molecule has 0 N–H and O–H groups in total. The molecule has 7 rings (SSSR count). The largest absolute Gasteiger partial charge is 0.339 e. The molecule has 4 heterocycles. The van der Waals surface area contributed by atoms with E-state index in [1.807, 2.05) is 47.5 Å². The standard InChI is InChI=1S/C33H27F2N5O/c34-24-6-3-5-22(19-24)21-40-30-10-2-1-9-29(30)37-31(40)23-12-16-38(17-13-23)33(41)28-11-15-36-32-27(28)14-18-39(32)26-8-4-7-25(35)20-26/h1-11,14-15,18-20,23H,12-13,16-17,21H2. The number of hydrogen-bond acceptors (Lipinski definition) is 3. The van der Waals surface area contributed by atoms with E-state index in [4.69, 9.17) is 4.98 Å². The predicted molar refractivity (Wildman–Crippen MR) is 154 cm³/mol. The van der Waals surface area contributed by atoms with Gasteiger partial charge in [-0.15, -0.1) is 0 Å². The number of imidazole rings is 1. The molecule has 1 aliphatic rings. The zero-order valence-corrected chi connectivity index (χ0v) is 22.3. The molecule has 1 saturated heterocycles. The van der Waals surface area contributed by atoms with E-state index in [2.05, 4.69) is 15.6 Å². The Labute approximate surface area is 235 Å². The third-order valence-electron chi connectivity index (χ3n) is 7.97. The summed E-state index contributed by atoms with van der Waals surface area (Å²) in [5.74, 6) is 0.523. The third-order valence-corrected chi connectivity index (χ3v) is 7.97. The zero-order chi connectivity index (χ0) is 27.9. The van der Waals surface area contributed by atoms with Gasteiger partial charge in [-0.1, -0.05) is 30.3 Å². The molecular formula is C33H27F2N5O. The molecule has 0 aliphatic carbocycles. The van der Waals surface area contributed by atoms with Gasteiger partial charge in [0.1, 0.15) is 23.1 Å². The highest BCUT2D eigenvalue weighted by Crippen LogP contribution is 2.32. The van der Waals surface area contributed by atoms with E-state index in [0.717, 1.165) is 40.6 Å². The number of rotatable bonds is 5. The van der Waals surface area contributed by atoms with E-state index >= 15 is 0 Å². The Morgan fingerprint density at radius 1 is 0.878 bits per heavy atom. The number of benzene rings is 3. The second kappa shape index (κ2) is 10.3. The fourth-order valence-corrected chi connectivity index (χ4v) is 5.96. The minimum atomic E-state index is -0.330. The Bertz CT molecular complexity index is 1900. The molecule has 6 aromatic rings. The summed E-state index contributed by atoms with van der Waals surface area (Å²) >= 11 is 0. The summed E-state index contributed by atoms with van der Waals surface area (Å²) in [6.45, 7) is 1.73. The van der Waals surface area contributed by atoms with Gasteiger partial charge in [-0.25, -0.2) is 18.7 Å². The van der Waals surface area contributed by atoms with E-state index in [9.17, 15) is 13.6 Å². The summed E-state index contributed by atoms with van der Waals surface area (Å²) in [7, 11) is 0. The predicted octanol–water partition coefficient (Wildman–Crippen LogP) is 6.72. The Morgan fingerprint density at radius 3 is 2.46 bits per heavy atom. The Morgan fingerprint density at radius 2 is 1.66 bits per heavy atom. The van der Waals surface area contributed by atoms with E-state index < -0.39 is 0 Å². The van der Waals surface area contributed by atoms with Gasteiger partial charge in [0.05, 0.1) is 16.6 Å². The molecule has 0 saturated carbocycles. The molecule has 1 aliphatic heterocycles. The molecule has 0 spiro atoms. The zero-order valence-electron chi connectivity index (χ0n) is 22.3. The molecule has 41 heavy (non-hydrogen) atoms. The van der Waals surface area contributed by atoms with Crippen molar-refractivity contribution < 1.29 is 13.6 Å². The number of amides is 1. The van der Waals surface area contributed by atoms with Crippen LogP contribution in [0.25, 0.3) is 27.8 Å². The summed E-state index contributed by atoms with van der Waals surface area (Å²) in [6, 6.07) is 24.6. The molecule has 0 bridgehead atoms. The molecule has 0 radical (unpaired) electrons. The van der Waals surface area contributed by atoms with Gasteiger partial charge in [0.2, 0.25) is 0 Å². The van der Waals surface area contributed by atoms with Crippen molar-refractivity contribution in [1.82, 2.24) is 24.0 Å². The van der Waals surface area contributed by atoms with Crippen molar-refractivity contribution in [3.05, 3.63) is 126 Å². The molecule has 0 unspecified atom stereocenters. The topological polar surface area (TPSA) is 56.0 Å². The van der Waals surface area contributed by atoms with Crippen LogP contribution in [0, 0.1) is 11.6 Å². The van der Waals surface area contributed by atoms with Crippen LogP contribution in [-0.4, -0.2) is 43.0 Å². The number of pyridine rings is 1. The van der Waals surface area contributed by atoms with Gasteiger partial charge in [-0.3, -0.25) is 4.79 Å². The number of carbonyl (C=O) groups is 1. The molecule has 1 amide bonds. The number of likely N-dealkylation sites (tertiary alicyclic amines) is 1. The van der Waals surface area contributed by atoms with Crippen LogP contribution >= 0.6 is 0 Å². The molecular weight excluding hydrogens is 520 g/mol. The average molecular weight is 548 g/mol. The number of carbonyl (C=O) groups excluding carboxylic acids is 1. The van der Waals surface area contributed by atoms with Gasteiger partial charge in [0.25, 0.3) is 5.91 Å². The van der Waals surface area contributed by atoms with Crippen LogP contribution in [0.1, 0.15) is 40.5 Å². The summed E-state index contributed by atoms with van der Waals surface area (Å²) in [5.41, 5.74) is 4.67. The third kappa shape index (κ3) is 4.65. The average Bonchev–Trinajstić information content (AvgIpc) is 3.59. The summed E-state index contributed by atoms with van der Waals surface area (Å²) in [4.78, 5) is 25.1. The number of para-hydroxylation sites is 2. The lowest BCUT2D eigenvalue weighted by atomic mass is 9.95. The van der Waals surface area contributed by atoms with Crippen molar-refractivity contribution in [3.8, 4) is 5.69 Å². The molecule has 0 atom stereocenters. The Hall–Kier alpha value is -4.85. The van der Waals surface area contributed by atoms with Gasteiger partial charge in [0.15, 0.2) is 0 Å². The smallest absolute Gasteiger partial charge is 0.254 e. The second-order valence-electron chi connectivity index (χ2n) is 10.5. The molecule has 204 valence electrons. The van der Waals surface area contributed by atoms with Gasteiger partial charge in [-0.05, 0) is 73.0 Å². The van der Waals surface area contributed by atoms with Gasteiger partial charge < -0.3 is 14.0 Å². The van der Waals surface area contributed by atoms with E-state index in [1.54, 1.807) is 35.0 Å². The first-order chi connectivity index (χ1) is 20.0. The number of hydrogen-bond donors (Lipinski definition) is 0. The lowest BCUT2D eigenvalue weighted by Crippen LogP contribution is -2.38. The monoisotopic (exact) mass is 547 g/mol. The summed E-state index contributed by atoms with van der Waals surface area (Å²) in [5, 5.41) is 0.737. The van der Waals surface area contributed by atoms with Gasteiger partial charge in [0, 0.05) is 49.0 Å². The van der Waals surface area contributed by atoms with Crippen LogP contribution in [0.5, 0.6) is 0 Å². The number of aromatic nitrogens is 4. The van der Waals surface area contributed by atoms with E-state index in [0.29, 0.717) is 36.5 Å². The Kier molecular flexibility index (Phi) is 6.30. The maximum Gasteiger partial charge on any atom is 0.254 e. The van der Waals surface area contributed by atoms with Crippen LogP contribution in [0.15, 0.2) is 97.3 Å².